The largest absolute Gasteiger partial charge is 0.383 e. The summed E-state index contributed by atoms with van der Waals surface area (Å²) in [5.41, 5.74) is 1.49. The van der Waals surface area contributed by atoms with Crippen molar-refractivity contribution in [2.24, 2.45) is 10.9 Å². The van der Waals surface area contributed by atoms with Crippen LogP contribution in [0.5, 0.6) is 0 Å². The van der Waals surface area contributed by atoms with E-state index in [-0.39, 0.29) is 6.04 Å². The van der Waals surface area contributed by atoms with Crippen LogP contribution in [-0.4, -0.2) is 63.8 Å². The van der Waals surface area contributed by atoms with Crippen molar-refractivity contribution >= 4 is 5.96 Å². The van der Waals surface area contributed by atoms with Gasteiger partial charge in [-0.2, -0.15) is 0 Å². The average molecular weight is 375 g/mol. The topological polar surface area (TPSA) is 48.9 Å². The third-order valence-corrected chi connectivity index (χ3v) is 5.29. The third-order valence-electron chi connectivity index (χ3n) is 5.29. The average Bonchev–Trinajstić information content (AvgIpc) is 2.69. The Hall–Kier alpha value is -1.59. The number of nitrogens with one attached hydrogen (secondary N) is 2. The van der Waals surface area contributed by atoms with Gasteiger partial charge in [-0.3, -0.25) is 4.99 Å². The first kappa shape index (κ1) is 21.7. The lowest BCUT2D eigenvalue weighted by Gasteiger charge is -2.32. The zero-order valence-corrected chi connectivity index (χ0v) is 17.4. The Kier molecular flexibility index (Phi) is 10.2. The highest BCUT2D eigenvalue weighted by molar-refractivity contribution is 5.79. The highest BCUT2D eigenvalue weighted by Gasteiger charge is 2.18. The van der Waals surface area contributed by atoms with E-state index in [9.17, 15) is 0 Å². The lowest BCUT2D eigenvalue weighted by atomic mass is 9.90. The number of benzene rings is 1. The number of hydrogen-bond donors (Lipinski definition) is 2. The number of likely N-dealkylation sites (tertiary alicyclic amines) is 1. The smallest absolute Gasteiger partial charge is 0.191 e. The zero-order valence-electron chi connectivity index (χ0n) is 17.4. The molecule has 0 spiro atoms. The van der Waals surface area contributed by atoms with Gasteiger partial charge in [-0.15, -0.1) is 0 Å². The van der Waals surface area contributed by atoms with E-state index in [1.54, 1.807) is 7.11 Å². The molecule has 1 saturated heterocycles. The van der Waals surface area contributed by atoms with Crippen molar-refractivity contribution in [3.63, 3.8) is 0 Å². The monoisotopic (exact) mass is 374 g/mol. The Morgan fingerprint density at radius 2 is 1.96 bits per heavy atom. The Morgan fingerprint density at radius 3 is 2.63 bits per heavy atom. The van der Waals surface area contributed by atoms with Gasteiger partial charge in [0.25, 0.3) is 0 Å². The number of nitrogens with zero attached hydrogens (tertiary/aromatic N) is 2. The maximum absolute atomic E-state index is 5.15. The molecule has 1 atom stereocenters. The molecule has 5 heteroatoms. The van der Waals surface area contributed by atoms with Crippen molar-refractivity contribution in [2.45, 2.75) is 45.1 Å². The van der Waals surface area contributed by atoms with Crippen LogP contribution in [0, 0.1) is 5.92 Å². The second-order valence-electron chi connectivity index (χ2n) is 7.68. The van der Waals surface area contributed by atoms with E-state index in [0.29, 0.717) is 6.61 Å². The van der Waals surface area contributed by atoms with Gasteiger partial charge < -0.3 is 20.3 Å². The van der Waals surface area contributed by atoms with E-state index in [2.05, 4.69) is 57.8 Å². The number of hydrogen-bond acceptors (Lipinski definition) is 3. The SMILES string of the molecule is CN=C(NCCCCN1CCC(Cc2ccccc2)CC1)NC(C)COC. The maximum atomic E-state index is 5.15. The minimum Gasteiger partial charge on any atom is -0.383 e. The number of guanidine groups is 1. The third kappa shape index (κ3) is 8.76. The molecule has 5 nitrogen and oxygen atoms in total. The molecule has 1 aliphatic heterocycles. The fourth-order valence-electron chi connectivity index (χ4n) is 3.75. The normalized spacial score (nSPS) is 17.7. The predicted octanol–water partition coefficient (Wildman–Crippen LogP) is 2.92. The van der Waals surface area contributed by atoms with Crippen molar-refractivity contribution in [3.8, 4) is 0 Å². The fraction of sp³-hybridized carbons (Fsp3) is 0.682. The van der Waals surface area contributed by atoms with Gasteiger partial charge in [0.2, 0.25) is 0 Å². The van der Waals surface area contributed by atoms with E-state index in [0.717, 1.165) is 18.4 Å². The summed E-state index contributed by atoms with van der Waals surface area (Å²) in [6.07, 6.45) is 6.32. The van der Waals surface area contributed by atoms with Gasteiger partial charge in [-0.05, 0) is 70.1 Å². The first-order valence-electron chi connectivity index (χ1n) is 10.4. The van der Waals surface area contributed by atoms with Crippen LogP contribution < -0.4 is 10.6 Å². The molecule has 27 heavy (non-hydrogen) atoms. The summed E-state index contributed by atoms with van der Waals surface area (Å²) < 4.78 is 5.15. The first-order chi connectivity index (χ1) is 13.2. The number of piperidine rings is 1. The molecule has 1 fully saturated rings. The van der Waals surface area contributed by atoms with Crippen molar-refractivity contribution in [1.82, 2.24) is 15.5 Å². The molecular formula is C22H38N4O. The van der Waals surface area contributed by atoms with Crippen LogP contribution >= 0.6 is 0 Å². The summed E-state index contributed by atoms with van der Waals surface area (Å²) in [5, 5.41) is 6.73. The quantitative estimate of drug-likeness (QED) is 0.376. The van der Waals surface area contributed by atoms with E-state index in [1.807, 2.05) is 7.05 Å². The van der Waals surface area contributed by atoms with Crippen LogP contribution in [0.3, 0.4) is 0 Å². The summed E-state index contributed by atoms with van der Waals surface area (Å²) in [7, 11) is 3.54. The van der Waals surface area contributed by atoms with Gasteiger partial charge in [-0.25, -0.2) is 0 Å². The lowest BCUT2D eigenvalue weighted by Crippen LogP contribution is -2.44. The zero-order chi connectivity index (χ0) is 19.3. The van der Waals surface area contributed by atoms with Crippen LogP contribution in [0.1, 0.15) is 38.2 Å². The molecule has 2 N–H and O–H groups in total. The van der Waals surface area contributed by atoms with E-state index >= 15 is 0 Å². The molecule has 0 saturated carbocycles. The molecule has 0 bridgehead atoms. The van der Waals surface area contributed by atoms with Gasteiger partial charge in [0.05, 0.1) is 6.61 Å². The molecule has 0 amide bonds. The Morgan fingerprint density at radius 1 is 1.22 bits per heavy atom. The molecule has 1 aliphatic rings. The molecule has 1 heterocycles. The minimum atomic E-state index is 0.262. The van der Waals surface area contributed by atoms with Crippen LogP contribution in [0.2, 0.25) is 0 Å². The van der Waals surface area contributed by atoms with Crippen molar-refractivity contribution in [1.29, 1.82) is 0 Å². The number of methoxy groups -OCH3 is 1. The Bertz CT molecular complexity index is 526. The molecule has 2 rings (SSSR count). The lowest BCUT2D eigenvalue weighted by molar-refractivity contribution is 0.178. The second kappa shape index (κ2) is 12.7. The summed E-state index contributed by atoms with van der Waals surface area (Å²) >= 11 is 0. The highest BCUT2D eigenvalue weighted by atomic mass is 16.5. The summed E-state index contributed by atoms with van der Waals surface area (Å²) in [6.45, 7) is 7.46. The Balaban J connectivity index is 1.53. The highest BCUT2D eigenvalue weighted by Crippen LogP contribution is 2.21. The minimum absolute atomic E-state index is 0.262. The molecule has 1 unspecified atom stereocenters. The predicted molar refractivity (Wildman–Crippen MR) is 114 cm³/mol. The van der Waals surface area contributed by atoms with Gasteiger partial charge in [0.1, 0.15) is 0 Å². The molecule has 1 aromatic rings. The summed E-state index contributed by atoms with van der Waals surface area (Å²) in [6, 6.07) is 11.2. The molecule has 0 aromatic heterocycles. The van der Waals surface area contributed by atoms with E-state index in [1.165, 1.54) is 57.3 Å². The standard InChI is InChI=1S/C22H38N4O/c1-19(18-27-3)25-22(23-2)24-13-7-8-14-26-15-11-21(12-16-26)17-20-9-5-4-6-10-20/h4-6,9-10,19,21H,7-8,11-18H2,1-3H3,(H2,23,24,25). The van der Waals surface area contributed by atoms with Gasteiger partial charge in [-0.1, -0.05) is 30.3 Å². The van der Waals surface area contributed by atoms with Crippen molar-refractivity contribution in [2.75, 3.05) is 46.9 Å². The Labute approximate surface area is 165 Å². The van der Waals surface area contributed by atoms with Crippen LogP contribution in [0.15, 0.2) is 35.3 Å². The molecule has 0 radical (unpaired) electrons. The number of rotatable bonds is 10. The molecular weight excluding hydrogens is 336 g/mol. The van der Waals surface area contributed by atoms with Crippen LogP contribution in [0.25, 0.3) is 0 Å². The summed E-state index contributed by atoms with van der Waals surface area (Å²) in [5.74, 6) is 1.72. The molecule has 0 aliphatic carbocycles. The number of unbranched alkanes of at least 4 members (excludes halogenated alkanes) is 1. The maximum Gasteiger partial charge on any atom is 0.191 e. The number of ether oxygens (including phenoxy) is 1. The van der Waals surface area contributed by atoms with Crippen molar-refractivity contribution in [3.05, 3.63) is 35.9 Å². The fourth-order valence-corrected chi connectivity index (χ4v) is 3.75. The molecule has 1 aromatic carbocycles. The number of aliphatic imine (C=N–C) groups is 1. The van der Waals surface area contributed by atoms with Gasteiger partial charge >= 0.3 is 0 Å². The van der Waals surface area contributed by atoms with Gasteiger partial charge in [0, 0.05) is 26.7 Å². The van der Waals surface area contributed by atoms with Crippen LogP contribution in [-0.2, 0) is 11.2 Å². The first-order valence-corrected chi connectivity index (χ1v) is 10.4. The summed E-state index contributed by atoms with van der Waals surface area (Å²) in [4.78, 5) is 6.90. The van der Waals surface area contributed by atoms with Crippen molar-refractivity contribution < 1.29 is 4.74 Å². The van der Waals surface area contributed by atoms with E-state index in [4.69, 9.17) is 4.74 Å². The van der Waals surface area contributed by atoms with Gasteiger partial charge in [0.15, 0.2) is 5.96 Å². The van der Waals surface area contributed by atoms with E-state index < -0.39 is 0 Å². The molecule has 152 valence electrons. The van der Waals surface area contributed by atoms with Crippen LogP contribution in [0.4, 0.5) is 0 Å². The second-order valence-corrected chi connectivity index (χ2v) is 7.68.